The standard InChI is InChI=1S/C23H25Cl2N3O4S/c1-16-18(24)5-4-6-23(16)33(29,30)27-20-9-10-26-14-22(20)32-15-17-7-8-19(25)21(13-17)31-12-11-28(2)3/h4-10,13-14H,11-12,15H2,1-3H3,(H,26,27). The van der Waals surface area contributed by atoms with Crippen LogP contribution < -0.4 is 14.2 Å². The number of benzene rings is 2. The second-order valence-corrected chi connectivity index (χ2v) is 10.0. The van der Waals surface area contributed by atoms with Gasteiger partial charge in [0.15, 0.2) is 5.75 Å². The minimum Gasteiger partial charge on any atom is -0.491 e. The van der Waals surface area contributed by atoms with Crippen molar-refractivity contribution in [1.82, 2.24) is 9.88 Å². The normalized spacial score (nSPS) is 11.5. The molecular formula is C23H25Cl2N3O4S. The fraction of sp³-hybridized carbons (Fsp3) is 0.261. The van der Waals surface area contributed by atoms with E-state index < -0.39 is 10.0 Å². The molecule has 1 heterocycles. The lowest BCUT2D eigenvalue weighted by Crippen LogP contribution is -2.19. The zero-order valence-corrected chi connectivity index (χ0v) is 20.8. The van der Waals surface area contributed by atoms with Crippen molar-refractivity contribution >= 4 is 38.9 Å². The lowest BCUT2D eigenvalue weighted by atomic mass is 10.2. The monoisotopic (exact) mass is 509 g/mol. The second kappa shape index (κ2) is 11.1. The largest absolute Gasteiger partial charge is 0.491 e. The Kier molecular flexibility index (Phi) is 8.42. The summed E-state index contributed by atoms with van der Waals surface area (Å²) in [4.78, 5) is 6.15. The Morgan fingerprint density at radius 3 is 2.58 bits per heavy atom. The molecule has 1 N–H and O–H groups in total. The molecule has 0 aliphatic carbocycles. The van der Waals surface area contributed by atoms with E-state index in [-0.39, 0.29) is 22.9 Å². The summed E-state index contributed by atoms with van der Waals surface area (Å²) in [6, 6.07) is 11.6. The van der Waals surface area contributed by atoms with Crippen molar-refractivity contribution in [2.75, 3.05) is 32.0 Å². The number of hydrogen-bond acceptors (Lipinski definition) is 6. The molecule has 7 nitrogen and oxygen atoms in total. The first-order valence-corrected chi connectivity index (χ1v) is 12.3. The van der Waals surface area contributed by atoms with Gasteiger partial charge < -0.3 is 14.4 Å². The number of nitrogens with zero attached hydrogens (tertiary/aromatic N) is 2. The van der Waals surface area contributed by atoms with Crippen LogP contribution in [-0.4, -0.2) is 45.5 Å². The van der Waals surface area contributed by atoms with Crippen LogP contribution in [-0.2, 0) is 16.6 Å². The van der Waals surface area contributed by atoms with Gasteiger partial charge in [-0.3, -0.25) is 9.71 Å². The van der Waals surface area contributed by atoms with Crippen molar-refractivity contribution in [3.05, 3.63) is 76.0 Å². The fourth-order valence-corrected chi connectivity index (χ4v) is 4.65. The maximum Gasteiger partial charge on any atom is 0.262 e. The number of sulfonamides is 1. The fourth-order valence-electron chi connectivity index (χ4n) is 2.91. The summed E-state index contributed by atoms with van der Waals surface area (Å²) < 4.78 is 40.1. The average Bonchev–Trinajstić information content (AvgIpc) is 2.76. The molecule has 3 rings (SSSR count). The molecule has 0 amide bonds. The number of pyridine rings is 1. The third kappa shape index (κ3) is 6.74. The summed E-state index contributed by atoms with van der Waals surface area (Å²) in [5.41, 5.74) is 1.54. The highest BCUT2D eigenvalue weighted by Gasteiger charge is 2.20. The van der Waals surface area contributed by atoms with E-state index in [1.807, 2.05) is 25.1 Å². The number of aromatic nitrogens is 1. The number of ether oxygens (including phenoxy) is 2. The van der Waals surface area contributed by atoms with E-state index in [0.717, 1.165) is 12.1 Å². The Balaban J connectivity index is 1.75. The van der Waals surface area contributed by atoms with Crippen molar-refractivity contribution in [1.29, 1.82) is 0 Å². The van der Waals surface area contributed by atoms with E-state index in [9.17, 15) is 8.42 Å². The number of rotatable bonds is 10. The van der Waals surface area contributed by atoms with E-state index in [4.69, 9.17) is 32.7 Å². The lowest BCUT2D eigenvalue weighted by molar-refractivity contribution is 0.260. The maximum atomic E-state index is 13.0. The number of nitrogens with one attached hydrogen (secondary N) is 1. The number of hydrogen-bond donors (Lipinski definition) is 1. The van der Waals surface area contributed by atoms with Gasteiger partial charge in [0, 0.05) is 17.8 Å². The van der Waals surface area contributed by atoms with Crippen LogP contribution in [0.1, 0.15) is 11.1 Å². The van der Waals surface area contributed by atoms with E-state index in [0.29, 0.717) is 28.0 Å². The zero-order valence-electron chi connectivity index (χ0n) is 18.5. The minimum absolute atomic E-state index is 0.0926. The molecule has 0 unspecified atom stereocenters. The Hall–Kier alpha value is -2.52. The van der Waals surface area contributed by atoms with E-state index in [1.165, 1.54) is 24.5 Å². The van der Waals surface area contributed by atoms with Gasteiger partial charge in [-0.05, 0) is 62.5 Å². The van der Waals surface area contributed by atoms with Gasteiger partial charge in [-0.2, -0.15) is 0 Å². The van der Waals surface area contributed by atoms with Crippen molar-refractivity contribution in [3.8, 4) is 11.5 Å². The van der Waals surface area contributed by atoms with Crippen LogP contribution >= 0.6 is 23.2 Å². The minimum atomic E-state index is -3.89. The van der Waals surface area contributed by atoms with Crippen LogP contribution in [0.3, 0.4) is 0 Å². The van der Waals surface area contributed by atoms with Crippen molar-refractivity contribution in [2.45, 2.75) is 18.4 Å². The third-order valence-corrected chi connectivity index (χ3v) is 6.95. The van der Waals surface area contributed by atoms with E-state index >= 15 is 0 Å². The van der Waals surface area contributed by atoms with Crippen LogP contribution in [0, 0.1) is 6.92 Å². The molecule has 0 aliphatic rings. The van der Waals surface area contributed by atoms with E-state index in [2.05, 4.69) is 9.71 Å². The van der Waals surface area contributed by atoms with Gasteiger partial charge in [0.2, 0.25) is 0 Å². The first-order chi connectivity index (χ1) is 15.7. The first-order valence-electron chi connectivity index (χ1n) is 10.1. The van der Waals surface area contributed by atoms with Gasteiger partial charge in [0.1, 0.15) is 19.0 Å². The Labute approximate surface area is 204 Å². The van der Waals surface area contributed by atoms with Gasteiger partial charge >= 0.3 is 0 Å². The topological polar surface area (TPSA) is 80.8 Å². The van der Waals surface area contributed by atoms with Crippen LogP contribution in [0.5, 0.6) is 11.5 Å². The van der Waals surface area contributed by atoms with E-state index in [1.54, 1.807) is 31.2 Å². The second-order valence-electron chi connectivity index (χ2n) is 7.55. The Bertz CT molecular complexity index is 1220. The molecular weight excluding hydrogens is 485 g/mol. The van der Waals surface area contributed by atoms with Crippen LogP contribution in [0.4, 0.5) is 5.69 Å². The summed E-state index contributed by atoms with van der Waals surface area (Å²) in [5, 5.41) is 0.875. The number of likely N-dealkylation sites (N-methyl/N-ethyl adjacent to an activating group) is 1. The lowest BCUT2D eigenvalue weighted by Gasteiger charge is -2.15. The highest BCUT2D eigenvalue weighted by molar-refractivity contribution is 7.92. The Morgan fingerprint density at radius 2 is 1.82 bits per heavy atom. The highest BCUT2D eigenvalue weighted by atomic mass is 35.5. The molecule has 0 radical (unpaired) electrons. The predicted octanol–water partition coefficient (Wildman–Crippen LogP) is 5.02. The molecule has 0 aliphatic heterocycles. The smallest absolute Gasteiger partial charge is 0.262 e. The van der Waals surface area contributed by atoms with Crippen molar-refractivity contribution in [2.24, 2.45) is 0 Å². The molecule has 10 heteroatoms. The summed E-state index contributed by atoms with van der Waals surface area (Å²) in [5.74, 6) is 0.842. The Morgan fingerprint density at radius 1 is 1.03 bits per heavy atom. The molecule has 0 atom stereocenters. The molecule has 0 spiro atoms. The molecule has 1 aromatic heterocycles. The molecule has 176 valence electrons. The molecule has 0 saturated heterocycles. The molecule has 0 bridgehead atoms. The quantitative estimate of drug-likeness (QED) is 0.413. The van der Waals surface area contributed by atoms with Gasteiger partial charge in [0.25, 0.3) is 10.0 Å². The summed E-state index contributed by atoms with van der Waals surface area (Å²) in [6.07, 6.45) is 2.93. The summed E-state index contributed by atoms with van der Waals surface area (Å²) in [7, 11) is 0.0366. The summed E-state index contributed by atoms with van der Waals surface area (Å²) in [6.45, 7) is 3.06. The van der Waals surface area contributed by atoms with Crippen LogP contribution in [0.25, 0.3) is 0 Å². The number of halogens is 2. The zero-order chi connectivity index (χ0) is 24.0. The van der Waals surface area contributed by atoms with Crippen molar-refractivity contribution in [3.63, 3.8) is 0 Å². The molecule has 0 fully saturated rings. The van der Waals surface area contributed by atoms with Gasteiger partial charge in [-0.25, -0.2) is 8.42 Å². The average molecular weight is 510 g/mol. The first kappa shape index (κ1) is 25.1. The molecule has 3 aromatic rings. The summed E-state index contributed by atoms with van der Waals surface area (Å²) >= 11 is 12.3. The van der Waals surface area contributed by atoms with Crippen molar-refractivity contribution < 1.29 is 17.9 Å². The van der Waals surface area contributed by atoms with Gasteiger partial charge in [0.05, 0.1) is 21.8 Å². The third-order valence-electron chi connectivity index (χ3n) is 4.72. The van der Waals surface area contributed by atoms with Crippen LogP contribution in [0.2, 0.25) is 10.0 Å². The molecule has 2 aromatic carbocycles. The number of anilines is 1. The van der Waals surface area contributed by atoms with Gasteiger partial charge in [-0.15, -0.1) is 0 Å². The maximum absolute atomic E-state index is 13.0. The molecule has 0 saturated carbocycles. The molecule has 33 heavy (non-hydrogen) atoms. The SMILES string of the molecule is Cc1c(Cl)cccc1S(=O)(=O)Nc1ccncc1OCc1ccc(Cl)c(OCCN(C)C)c1. The van der Waals surface area contributed by atoms with Gasteiger partial charge in [-0.1, -0.05) is 35.3 Å². The highest BCUT2D eigenvalue weighted by Crippen LogP contribution is 2.30. The predicted molar refractivity (Wildman–Crippen MR) is 131 cm³/mol. The van der Waals surface area contributed by atoms with Crippen LogP contribution in [0.15, 0.2) is 59.8 Å².